The van der Waals surface area contributed by atoms with Crippen molar-refractivity contribution in [2.75, 3.05) is 0 Å². The van der Waals surface area contributed by atoms with E-state index < -0.39 is 0 Å². The molecular formula is C22H28N2O2. The number of carbonyl (C=O) groups excluding carboxylic acids is 1. The molecule has 0 aromatic heterocycles. The highest BCUT2D eigenvalue weighted by molar-refractivity contribution is 6.23. The quantitative estimate of drug-likeness (QED) is 0.848. The Kier molecular flexibility index (Phi) is 4.60. The third-order valence-corrected chi connectivity index (χ3v) is 6.10. The van der Waals surface area contributed by atoms with Crippen LogP contribution in [0.1, 0.15) is 75.3 Å². The van der Waals surface area contributed by atoms with Gasteiger partial charge in [-0.25, -0.2) is 0 Å². The molecule has 1 aliphatic heterocycles. The summed E-state index contributed by atoms with van der Waals surface area (Å²) in [5.74, 6) is 1.39. The summed E-state index contributed by atoms with van der Waals surface area (Å²) in [5, 5.41) is 14.1. The first-order valence-corrected chi connectivity index (χ1v) is 9.93. The number of fused-ring (bicyclic) bond motifs is 1. The normalized spacial score (nSPS) is 28.8. The number of allylic oxidation sites excluding steroid dienone is 1. The molecule has 0 radical (unpaired) electrons. The number of ketones is 1. The average molecular weight is 352 g/mol. The number of aliphatic hydroxyl groups excluding tert-OH is 1. The van der Waals surface area contributed by atoms with E-state index in [4.69, 9.17) is 4.99 Å². The molecule has 4 heteroatoms. The van der Waals surface area contributed by atoms with Crippen molar-refractivity contribution in [1.82, 2.24) is 5.32 Å². The molecule has 26 heavy (non-hydrogen) atoms. The molecule has 4 rings (SSSR count). The van der Waals surface area contributed by atoms with Gasteiger partial charge in [0.15, 0.2) is 5.78 Å². The Bertz CT molecular complexity index is 761. The summed E-state index contributed by atoms with van der Waals surface area (Å²) in [6.07, 6.45) is 5.55. The molecule has 1 saturated carbocycles. The van der Waals surface area contributed by atoms with Gasteiger partial charge in [0, 0.05) is 18.9 Å². The minimum absolute atomic E-state index is 0.0107. The van der Waals surface area contributed by atoms with Gasteiger partial charge in [0.2, 0.25) is 0 Å². The summed E-state index contributed by atoms with van der Waals surface area (Å²) in [6.45, 7) is 4.35. The van der Waals surface area contributed by atoms with Crippen molar-refractivity contribution in [3.05, 3.63) is 46.7 Å². The van der Waals surface area contributed by atoms with Crippen LogP contribution in [0.25, 0.3) is 0 Å². The molecule has 2 N–H and O–H groups in total. The number of nitrogens with zero attached hydrogens (tertiary/aromatic N) is 1. The van der Waals surface area contributed by atoms with Crippen molar-refractivity contribution in [3.8, 4) is 0 Å². The highest BCUT2D eigenvalue weighted by Gasteiger charge is 2.37. The summed E-state index contributed by atoms with van der Waals surface area (Å²) in [5.41, 5.74) is 2.86. The van der Waals surface area contributed by atoms with Crippen LogP contribution in [-0.4, -0.2) is 28.8 Å². The van der Waals surface area contributed by atoms with Crippen molar-refractivity contribution in [2.45, 2.75) is 76.3 Å². The van der Waals surface area contributed by atoms with Gasteiger partial charge in [-0.15, -0.1) is 0 Å². The van der Waals surface area contributed by atoms with Crippen LogP contribution in [0.4, 0.5) is 0 Å². The lowest BCUT2D eigenvalue weighted by atomic mass is 9.82. The number of benzene rings is 1. The van der Waals surface area contributed by atoms with Crippen molar-refractivity contribution < 1.29 is 9.90 Å². The molecule has 0 bridgehead atoms. The predicted molar refractivity (Wildman–Crippen MR) is 104 cm³/mol. The maximum absolute atomic E-state index is 12.8. The Labute approximate surface area is 155 Å². The van der Waals surface area contributed by atoms with Gasteiger partial charge in [0.05, 0.1) is 11.6 Å². The van der Waals surface area contributed by atoms with Crippen molar-refractivity contribution in [2.24, 2.45) is 4.99 Å². The van der Waals surface area contributed by atoms with Crippen LogP contribution in [0.2, 0.25) is 0 Å². The number of Topliss-reactive ketones (excluding diaryl/α,β-unsaturated/α-hetero) is 1. The van der Waals surface area contributed by atoms with Gasteiger partial charge in [0.25, 0.3) is 0 Å². The molecule has 3 aliphatic rings. The maximum atomic E-state index is 12.8. The van der Waals surface area contributed by atoms with Crippen LogP contribution in [-0.2, 0) is 4.79 Å². The number of amidine groups is 1. The highest BCUT2D eigenvalue weighted by atomic mass is 16.3. The number of carbonyl (C=O) groups is 1. The fraction of sp³-hybridized carbons (Fsp3) is 0.545. The number of aliphatic imine (C=N–C) groups is 1. The largest absolute Gasteiger partial charge is 0.511 e. The summed E-state index contributed by atoms with van der Waals surface area (Å²) in [7, 11) is 0. The second-order valence-corrected chi connectivity index (χ2v) is 8.25. The smallest absolute Gasteiger partial charge is 0.170 e. The van der Waals surface area contributed by atoms with Gasteiger partial charge in [-0.3, -0.25) is 9.79 Å². The van der Waals surface area contributed by atoms with Gasteiger partial charge in [-0.2, -0.15) is 0 Å². The SMILES string of the molecule is CC(C)c1ccc(C2CC(=O)C(C3=N[C@H]4CCCC[C@H]4N3)=C(O)C2)cc1. The van der Waals surface area contributed by atoms with E-state index in [1.165, 1.54) is 18.4 Å². The molecule has 1 unspecified atom stereocenters. The van der Waals surface area contributed by atoms with E-state index in [2.05, 4.69) is 43.4 Å². The molecule has 3 atom stereocenters. The van der Waals surface area contributed by atoms with Gasteiger partial charge < -0.3 is 10.4 Å². The second-order valence-electron chi connectivity index (χ2n) is 8.25. The summed E-state index contributed by atoms with van der Waals surface area (Å²) in [4.78, 5) is 17.5. The molecule has 1 heterocycles. The Hall–Kier alpha value is -2.10. The minimum atomic E-state index is 0.0107. The number of hydrogen-bond acceptors (Lipinski definition) is 4. The third-order valence-electron chi connectivity index (χ3n) is 6.10. The predicted octanol–water partition coefficient (Wildman–Crippen LogP) is 4.38. The first-order chi connectivity index (χ1) is 12.5. The fourth-order valence-electron chi connectivity index (χ4n) is 4.50. The van der Waals surface area contributed by atoms with Crippen LogP contribution in [0, 0.1) is 0 Å². The van der Waals surface area contributed by atoms with Crippen LogP contribution in [0.3, 0.4) is 0 Å². The monoisotopic (exact) mass is 352 g/mol. The average Bonchev–Trinajstić information content (AvgIpc) is 3.04. The molecule has 0 amide bonds. The van der Waals surface area contributed by atoms with E-state index in [0.717, 1.165) is 18.4 Å². The summed E-state index contributed by atoms with van der Waals surface area (Å²) in [6, 6.07) is 9.08. The standard InChI is InChI=1S/C22H28N2O2/c1-13(2)14-7-9-15(10-8-14)16-11-19(25)21(20(26)12-16)22-23-17-5-3-4-6-18(17)24-22/h7-10,13,16-18,25H,3-6,11-12H2,1-2H3,(H,23,24)/t16?,17-,18+. The van der Waals surface area contributed by atoms with E-state index >= 15 is 0 Å². The molecule has 1 fully saturated rings. The zero-order chi connectivity index (χ0) is 18.3. The van der Waals surface area contributed by atoms with E-state index in [0.29, 0.717) is 36.2 Å². The second kappa shape index (κ2) is 6.90. The van der Waals surface area contributed by atoms with Crippen molar-refractivity contribution >= 4 is 11.6 Å². The molecular weight excluding hydrogens is 324 g/mol. The van der Waals surface area contributed by atoms with E-state index in [-0.39, 0.29) is 23.5 Å². The van der Waals surface area contributed by atoms with Gasteiger partial charge in [-0.05, 0) is 35.8 Å². The van der Waals surface area contributed by atoms with Gasteiger partial charge >= 0.3 is 0 Å². The molecule has 0 spiro atoms. The number of nitrogens with one attached hydrogen (secondary N) is 1. The molecule has 4 nitrogen and oxygen atoms in total. The fourth-order valence-corrected chi connectivity index (χ4v) is 4.50. The molecule has 138 valence electrons. The Morgan fingerprint density at radius 1 is 1.12 bits per heavy atom. The van der Waals surface area contributed by atoms with Crippen LogP contribution >= 0.6 is 0 Å². The first-order valence-electron chi connectivity index (χ1n) is 9.93. The van der Waals surface area contributed by atoms with Crippen LogP contribution in [0.15, 0.2) is 40.6 Å². The van der Waals surface area contributed by atoms with E-state index in [1.54, 1.807) is 0 Å². The number of aliphatic hydroxyl groups is 1. The lowest BCUT2D eigenvalue weighted by molar-refractivity contribution is -0.116. The Balaban J connectivity index is 1.54. The van der Waals surface area contributed by atoms with Crippen LogP contribution in [0.5, 0.6) is 0 Å². The third kappa shape index (κ3) is 3.17. The number of hydrogen-bond donors (Lipinski definition) is 2. The molecule has 2 aliphatic carbocycles. The zero-order valence-corrected chi connectivity index (χ0v) is 15.7. The number of rotatable bonds is 3. The summed E-state index contributed by atoms with van der Waals surface area (Å²) < 4.78 is 0. The first kappa shape index (κ1) is 17.3. The van der Waals surface area contributed by atoms with Crippen LogP contribution < -0.4 is 5.32 Å². The lowest BCUT2D eigenvalue weighted by Gasteiger charge is -2.25. The van der Waals surface area contributed by atoms with Gasteiger partial charge in [0.1, 0.15) is 11.6 Å². The van der Waals surface area contributed by atoms with E-state index in [9.17, 15) is 9.90 Å². The highest BCUT2D eigenvalue weighted by Crippen LogP contribution is 2.36. The van der Waals surface area contributed by atoms with Crippen molar-refractivity contribution in [1.29, 1.82) is 0 Å². The molecule has 1 aromatic carbocycles. The summed E-state index contributed by atoms with van der Waals surface area (Å²) >= 11 is 0. The zero-order valence-electron chi connectivity index (χ0n) is 15.7. The lowest BCUT2D eigenvalue weighted by Crippen LogP contribution is -2.39. The minimum Gasteiger partial charge on any atom is -0.511 e. The maximum Gasteiger partial charge on any atom is 0.170 e. The Morgan fingerprint density at radius 3 is 2.50 bits per heavy atom. The Morgan fingerprint density at radius 2 is 1.85 bits per heavy atom. The molecule has 1 aromatic rings. The van der Waals surface area contributed by atoms with Gasteiger partial charge in [-0.1, -0.05) is 51.0 Å². The van der Waals surface area contributed by atoms with Crippen molar-refractivity contribution in [3.63, 3.8) is 0 Å². The van der Waals surface area contributed by atoms with E-state index in [1.807, 2.05) is 0 Å². The topological polar surface area (TPSA) is 61.7 Å². The molecule has 0 saturated heterocycles.